The minimum absolute atomic E-state index is 0.159. The van der Waals surface area contributed by atoms with Crippen molar-refractivity contribution in [2.24, 2.45) is 0 Å². The van der Waals surface area contributed by atoms with Gasteiger partial charge in [0.25, 0.3) is 5.89 Å². The number of rotatable bonds is 7. The molecule has 1 atom stereocenters. The van der Waals surface area contributed by atoms with E-state index in [-0.39, 0.29) is 18.9 Å². The van der Waals surface area contributed by atoms with Crippen molar-refractivity contribution in [3.8, 4) is 11.5 Å². The summed E-state index contributed by atoms with van der Waals surface area (Å²) in [7, 11) is 0. The molecule has 2 N–H and O–H groups in total. The topological polar surface area (TPSA) is 101 Å². The van der Waals surface area contributed by atoms with Crippen molar-refractivity contribution >= 4 is 5.91 Å². The number of amides is 1. The van der Waals surface area contributed by atoms with Gasteiger partial charge in [-0.1, -0.05) is 30.3 Å². The number of furan rings is 1. The van der Waals surface area contributed by atoms with Crippen LogP contribution in [0.5, 0.6) is 0 Å². The number of hydrogen-bond acceptors (Lipinski definition) is 6. The van der Waals surface area contributed by atoms with Gasteiger partial charge in [0, 0.05) is 19.4 Å². The van der Waals surface area contributed by atoms with Crippen molar-refractivity contribution in [1.82, 2.24) is 15.5 Å². The third-order valence-corrected chi connectivity index (χ3v) is 3.80. The fourth-order valence-electron chi connectivity index (χ4n) is 2.38. The largest absolute Gasteiger partial charge is 0.469 e. The molecule has 0 fully saturated rings. The summed E-state index contributed by atoms with van der Waals surface area (Å²) in [6, 6.07) is 10.9. The first-order valence-electron chi connectivity index (χ1n) is 8.00. The molecule has 2 aromatic heterocycles. The molecule has 0 saturated heterocycles. The average Bonchev–Trinajstić information content (AvgIpc) is 3.27. The van der Waals surface area contributed by atoms with E-state index in [2.05, 4.69) is 15.5 Å². The minimum atomic E-state index is -0.732. The van der Waals surface area contributed by atoms with Crippen LogP contribution >= 0.6 is 0 Å². The quantitative estimate of drug-likeness (QED) is 0.684. The number of carbonyl (C=O) groups excluding carboxylic acids is 1. The minimum Gasteiger partial charge on any atom is -0.469 e. The summed E-state index contributed by atoms with van der Waals surface area (Å²) in [5.74, 6) is 1.27. The van der Waals surface area contributed by atoms with Crippen LogP contribution in [0.15, 0.2) is 51.5 Å². The van der Waals surface area contributed by atoms with Crippen molar-refractivity contribution in [1.29, 1.82) is 0 Å². The number of nitrogens with one attached hydrogen (secondary N) is 1. The first kappa shape index (κ1) is 16.9. The van der Waals surface area contributed by atoms with Gasteiger partial charge in [0.1, 0.15) is 5.76 Å². The maximum absolute atomic E-state index is 11.9. The number of aromatic nitrogens is 2. The zero-order chi connectivity index (χ0) is 17.6. The summed E-state index contributed by atoms with van der Waals surface area (Å²) in [4.78, 5) is 11.9. The van der Waals surface area contributed by atoms with E-state index in [1.165, 1.54) is 0 Å². The number of hydrogen-bond donors (Lipinski definition) is 2. The van der Waals surface area contributed by atoms with Gasteiger partial charge in [-0.3, -0.25) is 4.79 Å². The molecule has 3 rings (SSSR count). The maximum Gasteiger partial charge on any atom is 0.251 e. The molecule has 3 aromatic rings. The molecule has 7 nitrogen and oxygen atoms in total. The van der Waals surface area contributed by atoms with Crippen LogP contribution in [0, 0.1) is 6.92 Å². The number of carbonyl (C=O) groups is 1. The third-order valence-electron chi connectivity index (χ3n) is 3.80. The zero-order valence-corrected chi connectivity index (χ0v) is 13.8. The Morgan fingerprint density at radius 2 is 2.04 bits per heavy atom. The van der Waals surface area contributed by atoms with Crippen molar-refractivity contribution in [3.05, 3.63) is 59.9 Å². The lowest BCUT2D eigenvalue weighted by Crippen LogP contribution is -2.28. The van der Waals surface area contributed by atoms with Crippen molar-refractivity contribution in [3.63, 3.8) is 0 Å². The lowest BCUT2D eigenvalue weighted by atomic mass is 10.1. The van der Waals surface area contributed by atoms with Gasteiger partial charge in [0.15, 0.2) is 0 Å². The lowest BCUT2D eigenvalue weighted by molar-refractivity contribution is -0.121. The fourth-order valence-corrected chi connectivity index (χ4v) is 2.38. The molecule has 1 unspecified atom stereocenters. The molecule has 0 saturated carbocycles. The van der Waals surface area contributed by atoms with Gasteiger partial charge in [-0.2, -0.15) is 0 Å². The molecule has 0 aliphatic rings. The smallest absolute Gasteiger partial charge is 0.251 e. The van der Waals surface area contributed by atoms with Gasteiger partial charge in [-0.25, -0.2) is 0 Å². The fraction of sp³-hybridized carbons (Fsp3) is 0.278. The molecule has 130 valence electrons. The molecule has 0 aliphatic heterocycles. The Balaban J connectivity index is 1.46. The second kappa shape index (κ2) is 7.76. The molecule has 0 bridgehead atoms. The highest BCUT2D eigenvalue weighted by Gasteiger charge is 2.14. The van der Waals surface area contributed by atoms with Crippen LogP contribution in [0.3, 0.4) is 0 Å². The van der Waals surface area contributed by atoms with E-state index in [1.54, 1.807) is 12.3 Å². The van der Waals surface area contributed by atoms with E-state index in [0.29, 0.717) is 24.0 Å². The number of aryl methyl sites for hydroxylation is 2. The third kappa shape index (κ3) is 4.33. The first-order chi connectivity index (χ1) is 12.1. The summed E-state index contributed by atoms with van der Waals surface area (Å²) in [6.07, 6.45) is 1.36. The maximum atomic E-state index is 11.9. The van der Waals surface area contributed by atoms with E-state index < -0.39 is 6.10 Å². The van der Waals surface area contributed by atoms with Crippen LogP contribution in [0.1, 0.15) is 29.7 Å². The number of aliphatic hydroxyl groups excluding tert-OH is 1. The van der Waals surface area contributed by atoms with E-state index in [0.717, 1.165) is 11.1 Å². The van der Waals surface area contributed by atoms with Crippen LogP contribution in [0.25, 0.3) is 11.5 Å². The molecule has 1 amide bonds. The van der Waals surface area contributed by atoms with Crippen molar-refractivity contribution in [2.45, 2.75) is 25.9 Å². The highest BCUT2D eigenvalue weighted by Crippen LogP contribution is 2.23. The molecular weight excluding hydrogens is 322 g/mol. The van der Waals surface area contributed by atoms with E-state index in [1.807, 2.05) is 37.3 Å². The summed E-state index contributed by atoms with van der Waals surface area (Å²) < 4.78 is 10.7. The molecule has 25 heavy (non-hydrogen) atoms. The molecular formula is C18H19N3O4. The lowest BCUT2D eigenvalue weighted by Gasteiger charge is -2.11. The van der Waals surface area contributed by atoms with Gasteiger partial charge in [-0.15, -0.1) is 10.2 Å². The van der Waals surface area contributed by atoms with Gasteiger partial charge < -0.3 is 19.3 Å². The number of nitrogens with zero attached hydrogens (tertiary/aromatic N) is 2. The average molecular weight is 341 g/mol. The normalized spacial score (nSPS) is 12.1. The van der Waals surface area contributed by atoms with Crippen LogP contribution in [-0.2, 0) is 11.2 Å². The van der Waals surface area contributed by atoms with Crippen LogP contribution < -0.4 is 5.32 Å². The highest BCUT2D eigenvalue weighted by molar-refractivity contribution is 5.76. The number of benzene rings is 1. The Hall–Kier alpha value is -2.93. The summed E-state index contributed by atoms with van der Waals surface area (Å²) >= 11 is 0. The van der Waals surface area contributed by atoms with Gasteiger partial charge in [0.2, 0.25) is 11.8 Å². The van der Waals surface area contributed by atoms with E-state index in [9.17, 15) is 9.90 Å². The monoisotopic (exact) mass is 341 g/mol. The van der Waals surface area contributed by atoms with Gasteiger partial charge >= 0.3 is 0 Å². The predicted molar refractivity (Wildman–Crippen MR) is 89.5 cm³/mol. The standard InChI is InChI=1S/C18H19N3O4/c1-12-14(9-10-24-12)18-21-20-17(25-18)8-7-16(23)19-11-15(22)13-5-3-2-4-6-13/h2-6,9-10,15,22H,7-8,11H2,1H3,(H,19,23). The second-order valence-electron chi connectivity index (χ2n) is 5.62. The molecule has 2 heterocycles. The Kier molecular flexibility index (Phi) is 5.25. The van der Waals surface area contributed by atoms with Crippen molar-refractivity contribution < 1.29 is 18.7 Å². The molecule has 7 heteroatoms. The van der Waals surface area contributed by atoms with Gasteiger partial charge in [-0.05, 0) is 18.6 Å². The Labute approximate surface area is 144 Å². The molecule has 1 aromatic carbocycles. The molecule has 0 aliphatic carbocycles. The predicted octanol–water partition coefficient (Wildman–Crippen LogP) is 2.42. The molecule has 0 radical (unpaired) electrons. The van der Waals surface area contributed by atoms with Crippen LogP contribution in [-0.4, -0.2) is 27.8 Å². The van der Waals surface area contributed by atoms with Crippen molar-refractivity contribution in [2.75, 3.05) is 6.54 Å². The van der Waals surface area contributed by atoms with Crippen LogP contribution in [0.4, 0.5) is 0 Å². The SMILES string of the molecule is Cc1occc1-c1nnc(CCC(=O)NCC(O)c2ccccc2)o1. The van der Waals surface area contributed by atoms with E-state index >= 15 is 0 Å². The Bertz CT molecular complexity index is 826. The summed E-state index contributed by atoms with van der Waals surface area (Å²) in [6.45, 7) is 1.97. The highest BCUT2D eigenvalue weighted by atomic mass is 16.4. The zero-order valence-electron chi connectivity index (χ0n) is 13.8. The van der Waals surface area contributed by atoms with E-state index in [4.69, 9.17) is 8.83 Å². The Morgan fingerprint density at radius 3 is 2.76 bits per heavy atom. The van der Waals surface area contributed by atoms with Gasteiger partial charge in [0.05, 0.1) is 17.9 Å². The number of aliphatic hydroxyl groups is 1. The first-order valence-corrected chi connectivity index (χ1v) is 8.00. The summed E-state index contributed by atoms with van der Waals surface area (Å²) in [5.41, 5.74) is 1.51. The Morgan fingerprint density at radius 1 is 1.24 bits per heavy atom. The van der Waals surface area contributed by atoms with Crippen LogP contribution in [0.2, 0.25) is 0 Å². The second-order valence-corrected chi connectivity index (χ2v) is 5.62. The summed E-state index contributed by atoms with van der Waals surface area (Å²) in [5, 5.41) is 20.6. The molecule has 0 spiro atoms.